The number of benzene rings is 1. The molecule has 0 radical (unpaired) electrons. The number of carbonyl (C=O) groups is 1. The van der Waals surface area contributed by atoms with Crippen molar-refractivity contribution in [2.75, 3.05) is 19.9 Å². The molecule has 7 heteroatoms. The summed E-state index contributed by atoms with van der Waals surface area (Å²) >= 11 is 0. The van der Waals surface area contributed by atoms with Crippen molar-refractivity contribution in [3.8, 4) is 11.5 Å². The van der Waals surface area contributed by atoms with Gasteiger partial charge in [0.1, 0.15) is 12.7 Å². The third kappa shape index (κ3) is 2.49. The average Bonchev–Trinajstić information content (AvgIpc) is 3.12. The number of fused-ring (bicyclic) bond motifs is 1. The Kier molecular flexibility index (Phi) is 3.17. The number of likely N-dealkylation sites (tertiary alicyclic amines) is 1. The maximum Gasteiger partial charge on any atom is 0.231 e. The van der Waals surface area contributed by atoms with E-state index in [0.29, 0.717) is 12.3 Å². The Morgan fingerprint density at radius 2 is 2.14 bits per heavy atom. The van der Waals surface area contributed by atoms with Gasteiger partial charge in [0.25, 0.3) is 0 Å². The maximum atomic E-state index is 12.3. The number of hydrogen-bond acceptors (Lipinski definition) is 5. The monoisotopic (exact) mass is 300 g/mol. The van der Waals surface area contributed by atoms with Crippen molar-refractivity contribution in [1.29, 1.82) is 0 Å². The van der Waals surface area contributed by atoms with Gasteiger partial charge in [0.15, 0.2) is 11.5 Å². The van der Waals surface area contributed by atoms with Crippen LogP contribution < -0.4 is 9.47 Å². The van der Waals surface area contributed by atoms with Crippen LogP contribution in [-0.2, 0) is 17.8 Å². The van der Waals surface area contributed by atoms with E-state index < -0.39 is 0 Å². The minimum Gasteiger partial charge on any atom is -0.454 e. The molecule has 2 aliphatic heterocycles. The molecule has 7 nitrogen and oxygen atoms in total. The van der Waals surface area contributed by atoms with Crippen LogP contribution in [0.4, 0.5) is 0 Å². The Hall–Kier alpha value is -2.57. The zero-order valence-corrected chi connectivity index (χ0v) is 12.0. The molecule has 0 saturated carbocycles. The van der Waals surface area contributed by atoms with Crippen molar-refractivity contribution in [2.45, 2.75) is 13.0 Å². The van der Waals surface area contributed by atoms with Gasteiger partial charge in [0.05, 0.1) is 6.42 Å². The Balaban J connectivity index is 1.30. The van der Waals surface area contributed by atoms with Gasteiger partial charge in [-0.2, -0.15) is 5.10 Å². The molecule has 1 aromatic carbocycles. The molecule has 2 aliphatic rings. The van der Waals surface area contributed by atoms with Gasteiger partial charge in [-0.25, -0.2) is 4.98 Å². The highest BCUT2D eigenvalue weighted by Gasteiger charge is 2.31. The first kappa shape index (κ1) is 13.1. The lowest BCUT2D eigenvalue weighted by Gasteiger charge is -2.39. The molecule has 1 aromatic heterocycles. The van der Waals surface area contributed by atoms with Crippen molar-refractivity contribution < 1.29 is 14.3 Å². The molecule has 0 unspecified atom stereocenters. The third-order valence-corrected chi connectivity index (χ3v) is 4.01. The third-order valence-electron chi connectivity index (χ3n) is 4.01. The minimum absolute atomic E-state index is 0.147. The number of carbonyl (C=O) groups excluding carboxylic acids is 1. The van der Waals surface area contributed by atoms with Crippen LogP contribution in [0.2, 0.25) is 0 Å². The lowest BCUT2D eigenvalue weighted by molar-refractivity contribution is -0.137. The van der Waals surface area contributed by atoms with E-state index >= 15 is 0 Å². The molecule has 3 heterocycles. The molecule has 0 spiro atoms. The van der Waals surface area contributed by atoms with Crippen molar-refractivity contribution in [3.05, 3.63) is 36.4 Å². The lowest BCUT2D eigenvalue weighted by atomic mass is 9.99. The van der Waals surface area contributed by atoms with Crippen LogP contribution in [0, 0.1) is 5.92 Å². The first-order chi connectivity index (χ1) is 10.8. The van der Waals surface area contributed by atoms with E-state index in [4.69, 9.17) is 9.47 Å². The van der Waals surface area contributed by atoms with Gasteiger partial charge < -0.3 is 14.4 Å². The van der Waals surface area contributed by atoms with Crippen LogP contribution in [-0.4, -0.2) is 45.5 Å². The quantitative estimate of drug-likeness (QED) is 0.831. The largest absolute Gasteiger partial charge is 0.454 e. The SMILES string of the molecule is O=C(Cc1ccc2c(c1)OCO2)N1CC(Cn2cncn2)C1. The average molecular weight is 300 g/mol. The van der Waals surface area contributed by atoms with E-state index in [1.54, 1.807) is 6.33 Å². The van der Waals surface area contributed by atoms with Crippen LogP contribution in [0.15, 0.2) is 30.9 Å². The van der Waals surface area contributed by atoms with Gasteiger partial charge in [-0.15, -0.1) is 0 Å². The zero-order valence-electron chi connectivity index (χ0n) is 12.0. The molecule has 0 aliphatic carbocycles. The van der Waals surface area contributed by atoms with E-state index in [9.17, 15) is 4.79 Å². The minimum atomic E-state index is 0.147. The van der Waals surface area contributed by atoms with Crippen LogP contribution in [0.25, 0.3) is 0 Å². The second-order valence-electron chi connectivity index (χ2n) is 5.65. The van der Waals surface area contributed by atoms with Crippen LogP contribution in [0.3, 0.4) is 0 Å². The second kappa shape index (κ2) is 5.32. The van der Waals surface area contributed by atoms with E-state index in [0.717, 1.165) is 36.7 Å². The summed E-state index contributed by atoms with van der Waals surface area (Å²) < 4.78 is 12.4. The number of amides is 1. The lowest BCUT2D eigenvalue weighted by Crippen LogP contribution is -2.51. The molecule has 1 fully saturated rings. The fraction of sp³-hybridized carbons (Fsp3) is 0.400. The Bertz CT molecular complexity index is 680. The van der Waals surface area contributed by atoms with Gasteiger partial charge in [-0.1, -0.05) is 6.07 Å². The van der Waals surface area contributed by atoms with Gasteiger partial charge in [-0.3, -0.25) is 9.48 Å². The van der Waals surface area contributed by atoms with Crippen molar-refractivity contribution >= 4 is 5.91 Å². The molecule has 2 aromatic rings. The molecule has 4 rings (SSSR count). The molecule has 0 atom stereocenters. The summed E-state index contributed by atoms with van der Waals surface area (Å²) in [6, 6.07) is 5.65. The molecule has 1 amide bonds. The predicted molar refractivity (Wildman–Crippen MR) is 76.4 cm³/mol. The predicted octanol–water partition coefficient (Wildman–Crippen LogP) is 0.708. The fourth-order valence-corrected chi connectivity index (χ4v) is 2.82. The molecule has 0 bridgehead atoms. The van der Waals surface area contributed by atoms with Gasteiger partial charge in [0, 0.05) is 25.6 Å². The highest BCUT2D eigenvalue weighted by molar-refractivity contribution is 5.79. The molecule has 22 heavy (non-hydrogen) atoms. The first-order valence-corrected chi connectivity index (χ1v) is 7.26. The van der Waals surface area contributed by atoms with Crippen LogP contribution >= 0.6 is 0 Å². The van der Waals surface area contributed by atoms with E-state index in [2.05, 4.69) is 10.1 Å². The summed E-state index contributed by atoms with van der Waals surface area (Å²) in [5.74, 6) is 2.07. The Labute approximate surface area is 127 Å². The van der Waals surface area contributed by atoms with Gasteiger partial charge in [0.2, 0.25) is 12.7 Å². The number of nitrogens with zero attached hydrogens (tertiary/aromatic N) is 4. The summed E-state index contributed by atoms with van der Waals surface area (Å²) in [6.45, 7) is 2.63. The summed E-state index contributed by atoms with van der Waals surface area (Å²) in [4.78, 5) is 18.1. The van der Waals surface area contributed by atoms with Crippen molar-refractivity contribution in [2.24, 2.45) is 5.92 Å². The molecular formula is C15H16N4O3. The summed E-state index contributed by atoms with van der Waals surface area (Å²) in [5.41, 5.74) is 0.953. The first-order valence-electron chi connectivity index (χ1n) is 7.26. The standard InChI is InChI=1S/C15H16N4O3/c20-15(4-11-1-2-13-14(3-11)22-10-21-13)18-5-12(6-18)7-19-9-16-8-17-19/h1-3,8-9,12H,4-7,10H2. The molecule has 1 saturated heterocycles. The highest BCUT2D eigenvalue weighted by Crippen LogP contribution is 2.32. The number of hydrogen-bond donors (Lipinski definition) is 0. The van der Waals surface area contributed by atoms with Crippen LogP contribution in [0.5, 0.6) is 11.5 Å². The Morgan fingerprint density at radius 1 is 1.27 bits per heavy atom. The van der Waals surface area contributed by atoms with Crippen molar-refractivity contribution in [1.82, 2.24) is 19.7 Å². The van der Waals surface area contributed by atoms with Gasteiger partial charge >= 0.3 is 0 Å². The molecular weight excluding hydrogens is 284 g/mol. The fourth-order valence-electron chi connectivity index (χ4n) is 2.82. The molecule has 0 N–H and O–H groups in total. The van der Waals surface area contributed by atoms with E-state index in [-0.39, 0.29) is 12.7 Å². The topological polar surface area (TPSA) is 69.5 Å². The number of aromatic nitrogens is 3. The summed E-state index contributed by atoms with van der Waals surface area (Å²) in [5, 5.41) is 4.09. The van der Waals surface area contributed by atoms with Crippen molar-refractivity contribution in [3.63, 3.8) is 0 Å². The van der Waals surface area contributed by atoms with E-state index in [1.807, 2.05) is 27.8 Å². The van der Waals surface area contributed by atoms with Crippen LogP contribution in [0.1, 0.15) is 5.56 Å². The number of rotatable bonds is 4. The van der Waals surface area contributed by atoms with E-state index in [1.165, 1.54) is 6.33 Å². The maximum absolute atomic E-state index is 12.3. The Morgan fingerprint density at radius 3 is 2.95 bits per heavy atom. The summed E-state index contributed by atoms with van der Waals surface area (Å²) in [6.07, 6.45) is 3.63. The highest BCUT2D eigenvalue weighted by atomic mass is 16.7. The molecule has 114 valence electrons. The smallest absolute Gasteiger partial charge is 0.231 e. The number of ether oxygens (including phenoxy) is 2. The summed E-state index contributed by atoms with van der Waals surface area (Å²) in [7, 11) is 0. The van der Waals surface area contributed by atoms with Gasteiger partial charge in [-0.05, 0) is 17.7 Å². The second-order valence-corrected chi connectivity index (χ2v) is 5.65. The zero-order chi connectivity index (χ0) is 14.9. The normalized spacial score (nSPS) is 16.6.